The highest BCUT2D eigenvalue weighted by Gasteiger charge is 2.36. The van der Waals surface area contributed by atoms with Gasteiger partial charge in [-0.3, -0.25) is 4.79 Å². The molecule has 1 N–H and O–H groups in total. The molecule has 0 aromatic carbocycles. The first-order chi connectivity index (χ1) is 7.71. The molecule has 1 aliphatic rings. The molecule has 3 nitrogen and oxygen atoms in total. The lowest BCUT2D eigenvalue weighted by Crippen LogP contribution is -2.33. The van der Waals surface area contributed by atoms with Crippen LogP contribution in [0.15, 0.2) is 0 Å². The van der Waals surface area contributed by atoms with Gasteiger partial charge in [-0.1, -0.05) is 13.8 Å². The zero-order valence-corrected chi connectivity index (χ0v) is 11.9. The lowest BCUT2D eigenvalue weighted by Gasteiger charge is -2.24. The van der Waals surface area contributed by atoms with Gasteiger partial charge in [-0.15, -0.1) is 0 Å². The van der Waals surface area contributed by atoms with Crippen LogP contribution in [0.4, 0.5) is 0 Å². The van der Waals surface area contributed by atoms with Crippen molar-refractivity contribution in [2.24, 2.45) is 11.3 Å². The van der Waals surface area contributed by atoms with Crippen LogP contribution in [0.25, 0.3) is 0 Å². The molecule has 1 aliphatic carbocycles. The van der Waals surface area contributed by atoms with Crippen molar-refractivity contribution in [2.45, 2.75) is 59.5 Å². The zero-order chi connectivity index (χ0) is 13.1. The second-order valence-corrected chi connectivity index (χ2v) is 6.78. The van der Waals surface area contributed by atoms with Gasteiger partial charge < -0.3 is 10.1 Å². The van der Waals surface area contributed by atoms with E-state index in [9.17, 15) is 4.79 Å². The third kappa shape index (κ3) is 6.06. The van der Waals surface area contributed by atoms with Crippen LogP contribution in [-0.2, 0) is 9.53 Å². The van der Waals surface area contributed by atoms with E-state index < -0.39 is 0 Å². The number of nitrogens with one attached hydrogen (secondary N) is 1. The molecule has 0 aromatic rings. The Morgan fingerprint density at radius 3 is 2.29 bits per heavy atom. The van der Waals surface area contributed by atoms with Crippen LogP contribution in [-0.4, -0.2) is 24.7 Å². The van der Waals surface area contributed by atoms with E-state index in [2.05, 4.69) is 19.2 Å². The summed E-state index contributed by atoms with van der Waals surface area (Å²) in [6.07, 6.45) is 3.87. The summed E-state index contributed by atoms with van der Waals surface area (Å²) in [5.74, 6) is 0.729. The average Bonchev–Trinajstić information content (AvgIpc) is 2.92. The highest BCUT2D eigenvalue weighted by atomic mass is 16.6. The van der Waals surface area contributed by atoms with Gasteiger partial charge in [-0.05, 0) is 57.9 Å². The molecule has 0 aliphatic heterocycles. The maximum absolute atomic E-state index is 11.4. The van der Waals surface area contributed by atoms with Crippen LogP contribution in [0.1, 0.15) is 53.9 Å². The molecule has 0 saturated heterocycles. The third-order valence-corrected chi connectivity index (χ3v) is 3.32. The molecule has 0 bridgehead atoms. The Kier molecular flexibility index (Phi) is 4.59. The molecule has 1 fully saturated rings. The molecule has 0 radical (unpaired) electrons. The molecular weight excluding hydrogens is 214 g/mol. The van der Waals surface area contributed by atoms with E-state index in [-0.39, 0.29) is 11.6 Å². The van der Waals surface area contributed by atoms with Gasteiger partial charge in [-0.2, -0.15) is 0 Å². The number of ether oxygens (including phenoxy) is 1. The van der Waals surface area contributed by atoms with Gasteiger partial charge in [0.2, 0.25) is 0 Å². The number of hydrogen-bond donors (Lipinski definition) is 1. The van der Waals surface area contributed by atoms with Crippen molar-refractivity contribution >= 4 is 5.97 Å². The van der Waals surface area contributed by atoms with Crippen molar-refractivity contribution in [3.63, 3.8) is 0 Å². The van der Waals surface area contributed by atoms with Crippen molar-refractivity contribution in [1.82, 2.24) is 5.32 Å². The molecule has 0 aromatic heterocycles. The molecule has 1 saturated carbocycles. The molecule has 100 valence electrons. The third-order valence-electron chi connectivity index (χ3n) is 3.32. The van der Waals surface area contributed by atoms with Crippen molar-refractivity contribution in [3.8, 4) is 0 Å². The van der Waals surface area contributed by atoms with Crippen LogP contribution in [0, 0.1) is 11.3 Å². The number of rotatable bonds is 6. The Labute approximate surface area is 105 Å². The van der Waals surface area contributed by atoms with E-state index >= 15 is 0 Å². The van der Waals surface area contributed by atoms with E-state index in [1.54, 1.807) is 0 Å². The number of carbonyl (C=O) groups is 1. The molecular formula is C14H27NO2. The number of hydrogen-bond acceptors (Lipinski definition) is 3. The summed E-state index contributed by atoms with van der Waals surface area (Å²) >= 11 is 0. The van der Waals surface area contributed by atoms with Crippen molar-refractivity contribution in [2.75, 3.05) is 13.1 Å². The normalized spacial score (nSPS) is 17.0. The Morgan fingerprint density at radius 2 is 1.82 bits per heavy atom. The monoisotopic (exact) mass is 241 g/mol. The second kappa shape index (κ2) is 5.38. The first-order valence-corrected chi connectivity index (χ1v) is 6.63. The van der Waals surface area contributed by atoms with Gasteiger partial charge in [0.05, 0.1) is 6.54 Å². The fourth-order valence-corrected chi connectivity index (χ4v) is 2.05. The number of carbonyl (C=O) groups excluding carboxylic acids is 1. The van der Waals surface area contributed by atoms with Gasteiger partial charge >= 0.3 is 5.97 Å². The Bertz CT molecular complexity index is 262. The zero-order valence-electron chi connectivity index (χ0n) is 11.9. The minimum absolute atomic E-state index is 0.165. The molecule has 17 heavy (non-hydrogen) atoms. The fraction of sp³-hybridized carbons (Fsp3) is 0.929. The quantitative estimate of drug-likeness (QED) is 0.574. The SMILES string of the molecule is CC(C)(C)OC(=O)CNCCC(C)(C)C1CC1. The molecule has 0 spiro atoms. The molecule has 0 atom stereocenters. The maximum Gasteiger partial charge on any atom is 0.320 e. The largest absolute Gasteiger partial charge is 0.459 e. The van der Waals surface area contributed by atoms with Crippen LogP contribution >= 0.6 is 0 Å². The molecule has 0 heterocycles. The van der Waals surface area contributed by atoms with E-state index in [1.807, 2.05) is 20.8 Å². The highest BCUT2D eigenvalue weighted by Crippen LogP contribution is 2.46. The topological polar surface area (TPSA) is 38.3 Å². The van der Waals surface area contributed by atoms with Gasteiger partial charge in [0, 0.05) is 0 Å². The summed E-state index contributed by atoms with van der Waals surface area (Å²) < 4.78 is 5.23. The van der Waals surface area contributed by atoms with E-state index in [4.69, 9.17) is 4.74 Å². The van der Waals surface area contributed by atoms with Crippen LogP contribution in [0.3, 0.4) is 0 Å². The molecule has 0 unspecified atom stereocenters. The minimum atomic E-state index is -0.383. The Morgan fingerprint density at radius 1 is 1.24 bits per heavy atom. The first-order valence-electron chi connectivity index (χ1n) is 6.63. The summed E-state index contributed by atoms with van der Waals surface area (Å²) in [7, 11) is 0. The second-order valence-electron chi connectivity index (χ2n) is 6.78. The standard InChI is InChI=1S/C14H27NO2/c1-13(2,3)17-12(16)10-15-9-8-14(4,5)11-6-7-11/h11,15H,6-10H2,1-5H3. The van der Waals surface area contributed by atoms with Crippen molar-refractivity contribution < 1.29 is 9.53 Å². The van der Waals surface area contributed by atoms with Crippen molar-refractivity contribution in [3.05, 3.63) is 0 Å². The van der Waals surface area contributed by atoms with Crippen LogP contribution < -0.4 is 5.32 Å². The van der Waals surface area contributed by atoms with Crippen LogP contribution in [0.5, 0.6) is 0 Å². The van der Waals surface area contributed by atoms with E-state index in [0.29, 0.717) is 12.0 Å². The molecule has 1 rings (SSSR count). The predicted octanol–water partition coefficient (Wildman–Crippen LogP) is 2.74. The average molecular weight is 241 g/mol. The lowest BCUT2D eigenvalue weighted by molar-refractivity contribution is -0.153. The summed E-state index contributed by atoms with van der Waals surface area (Å²) in [5.41, 5.74) is 0.0347. The molecule has 0 amide bonds. The fourth-order valence-electron chi connectivity index (χ4n) is 2.05. The first kappa shape index (κ1) is 14.5. The summed E-state index contributed by atoms with van der Waals surface area (Å²) in [5, 5.41) is 3.17. The smallest absolute Gasteiger partial charge is 0.320 e. The molecule has 3 heteroatoms. The van der Waals surface area contributed by atoms with Gasteiger partial charge in [0.15, 0.2) is 0 Å². The number of esters is 1. The summed E-state index contributed by atoms with van der Waals surface area (Å²) in [6, 6.07) is 0. The maximum atomic E-state index is 11.4. The highest BCUT2D eigenvalue weighted by molar-refractivity contribution is 5.72. The van der Waals surface area contributed by atoms with Gasteiger partial charge in [-0.25, -0.2) is 0 Å². The predicted molar refractivity (Wildman–Crippen MR) is 69.8 cm³/mol. The summed E-state index contributed by atoms with van der Waals surface area (Å²) in [4.78, 5) is 11.4. The van der Waals surface area contributed by atoms with E-state index in [1.165, 1.54) is 12.8 Å². The van der Waals surface area contributed by atoms with Crippen LogP contribution in [0.2, 0.25) is 0 Å². The van der Waals surface area contributed by atoms with E-state index in [0.717, 1.165) is 18.9 Å². The van der Waals surface area contributed by atoms with Gasteiger partial charge in [0.25, 0.3) is 0 Å². The Hall–Kier alpha value is -0.570. The summed E-state index contributed by atoms with van der Waals surface area (Å²) in [6.45, 7) is 11.5. The minimum Gasteiger partial charge on any atom is -0.459 e. The van der Waals surface area contributed by atoms with Crippen molar-refractivity contribution in [1.29, 1.82) is 0 Å². The van der Waals surface area contributed by atoms with Gasteiger partial charge in [0.1, 0.15) is 5.60 Å². The lowest BCUT2D eigenvalue weighted by atomic mass is 9.84. The Balaban J connectivity index is 2.09.